The minimum Gasteiger partial charge on any atom is -0.271 e. The molecule has 0 aliphatic rings. The zero-order valence-corrected chi connectivity index (χ0v) is 11.8. The van der Waals surface area contributed by atoms with E-state index < -0.39 is 0 Å². The van der Waals surface area contributed by atoms with E-state index in [4.69, 9.17) is 5.84 Å². The van der Waals surface area contributed by atoms with Crippen molar-refractivity contribution < 1.29 is 0 Å². The molecule has 1 atom stereocenters. The van der Waals surface area contributed by atoms with Crippen molar-refractivity contribution in [3.05, 3.63) is 35.2 Å². The fourth-order valence-electron chi connectivity index (χ4n) is 2.26. The highest BCUT2D eigenvalue weighted by Crippen LogP contribution is 2.31. The Balaban J connectivity index is 2.02. The van der Waals surface area contributed by atoms with Crippen LogP contribution in [0.15, 0.2) is 30.3 Å². The molecule has 1 heterocycles. The number of nitrogens with two attached hydrogens (primary N) is 1. The molecule has 0 aliphatic carbocycles. The third-order valence-electron chi connectivity index (χ3n) is 3.34. The summed E-state index contributed by atoms with van der Waals surface area (Å²) < 4.78 is 1.35. The van der Waals surface area contributed by atoms with E-state index in [1.54, 1.807) is 0 Å². The molecule has 0 bridgehead atoms. The van der Waals surface area contributed by atoms with Crippen molar-refractivity contribution in [2.75, 3.05) is 0 Å². The third-order valence-corrected chi connectivity index (χ3v) is 4.57. The molecular weight excluding hydrogens is 240 g/mol. The van der Waals surface area contributed by atoms with Crippen LogP contribution in [0.2, 0.25) is 0 Å². The summed E-state index contributed by atoms with van der Waals surface area (Å²) >= 11 is 1.85. The van der Waals surface area contributed by atoms with E-state index in [0.717, 1.165) is 6.42 Å². The van der Waals surface area contributed by atoms with Crippen molar-refractivity contribution in [3.63, 3.8) is 0 Å². The maximum atomic E-state index is 5.70. The first kappa shape index (κ1) is 13.5. The topological polar surface area (TPSA) is 38.0 Å². The lowest BCUT2D eigenvalue weighted by Gasteiger charge is -2.13. The highest BCUT2D eigenvalue weighted by molar-refractivity contribution is 7.19. The summed E-state index contributed by atoms with van der Waals surface area (Å²) in [7, 11) is 0. The number of hydrogen-bond donors (Lipinski definition) is 2. The fraction of sp³-hybridized carbons (Fsp3) is 0.467. The van der Waals surface area contributed by atoms with Gasteiger partial charge in [0.25, 0.3) is 0 Å². The van der Waals surface area contributed by atoms with Gasteiger partial charge >= 0.3 is 0 Å². The summed E-state index contributed by atoms with van der Waals surface area (Å²) in [5.74, 6) is 5.70. The molecular formula is C15H22N2S. The van der Waals surface area contributed by atoms with Gasteiger partial charge in [-0.2, -0.15) is 0 Å². The predicted molar refractivity (Wildman–Crippen MR) is 80.6 cm³/mol. The van der Waals surface area contributed by atoms with Crippen molar-refractivity contribution in [2.45, 2.75) is 45.1 Å². The summed E-state index contributed by atoms with van der Waals surface area (Å²) in [6, 6.07) is 11.1. The van der Waals surface area contributed by atoms with Gasteiger partial charge in [-0.15, -0.1) is 11.3 Å². The Morgan fingerprint density at radius 1 is 1.22 bits per heavy atom. The molecule has 0 saturated carbocycles. The van der Waals surface area contributed by atoms with Crippen molar-refractivity contribution >= 4 is 21.4 Å². The Morgan fingerprint density at radius 2 is 2.06 bits per heavy atom. The maximum absolute atomic E-state index is 5.70. The van der Waals surface area contributed by atoms with E-state index in [9.17, 15) is 0 Å². The first-order valence-electron chi connectivity index (χ1n) is 6.79. The van der Waals surface area contributed by atoms with Crippen LogP contribution in [0.1, 0.15) is 49.9 Å². The van der Waals surface area contributed by atoms with E-state index in [-0.39, 0.29) is 0 Å². The standard InChI is InChI=1S/C15H22N2S/c1-2-3-4-5-9-13(17-16)15-11-12-8-6-7-10-14(12)18-15/h6-8,10-11,13,17H,2-5,9,16H2,1H3. The van der Waals surface area contributed by atoms with Gasteiger partial charge in [0.15, 0.2) is 0 Å². The zero-order chi connectivity index (χ0) is 12.8. The lowest BCUT2D eigenvalue weighted by Crippen LogP contribution is -2.27. The second-order valence-electron chi connectivity index (χ2n) is 4.76. The largest absolute Gasteiger partial charge is 0.271 e. The lowest BCUT2D eigenvalue weighted by atomic mass is 10.1. The molecule has 0 saturated heterocycles. The van der Waals surface area contributed by atoms with Crippen molar-refractivity contribution in [3.8, 4) is 0 Å². The average molecular weight is 262 g/mol. The van der Waals surface area contributed by atoms with Crippen molar-refractivity contribution in [1.82, 2.24) is 5.43 Å². The van der Waals surface area contributed by atoms with Crippen LogP contribution in [0.25, 0.3) is 10.1 Å². The van der Waals surface area contributed by atoms with Gasteiger partial charge in [0.05, 0.1) is 6.04 Å². The predicted octanol–water partition coefficient (Wildman–Crippen LogP) is 4.38. The number of nitrogens with one attached hydrogen (secondary N) is 1. The van der Waals surface area contributed by atoms with Gasteiger partial charge < -0.3 is 0 Å². The molecule has 1 aromatic carbocycles. The molecule has 0 spiro atoms. The Bertz CT molecular complexity index is 445. The van der Waals surface area contributed by atoms with Crippen LogP contribution in [0, 0.1) is 0 Å². The molecule has 0 fully saturated rings. The number of thiophene rings is 1. The average Bonchev–Trinajstić information content (AvgIpc) is 2.82. The highest BCUT2D eigenvalue weighted by Gasteiger charge is 2.12. The molecule has 0 aliphatic heterocycles. The van der Waals surface area contributed by atoms with Gasteiger partial charge in [-0.05, 0) is 23.9 Å². The number of unbranched alkanes of at least 4 members (excludes halogenated alkanes) is 3. The number of rotatable bonds is 7. The van der Waals surface area contributed by atoms with E-state index in [0.29, 0.717) is 6.04 Å². The monoisotopic (exact) mass is 262 g/mol. The third kappa shape index (κ3) is 3.31. The molecule has 1 unspecified atom stereocenters. The zero-order valence-electron chi connectivity index (χ0n) is 11.0. The molecule has 3 heteroatoms. The van der Waals surface area contributed by atoms with Crippen molar-refractivity contribution in [1.29, 1.82) is 0 Å². The summed E-state index contributed by atoms with van der Waals surface area (Å²) in [5, 5.41) is 1.33. The SMILES string of the molecule is CCCCCCC(NN)c1cc2ccccc2s1. The Kier molecular flexibility index (Phi) is 5.17. The molecule has 2 aromatic rings. The fourth-order valence-corrected chi connectivity index (χ4v) is 3.42. The normalized spacial score (nSPS) is 13.0. The summed E-state index contributed by atoms with van der Waals surface area (Å²) in [6.45, 7) is 2.24. The number of hydrogen-bond acceptors (Lipinski definition) is 3. The van der Waals surface area contributed by atoms with E-state index in [1.807, 2.05) is 11.3 Å². The van der Waals surface area contributed by atoms with Gasteiger partial charge in [0.1, 0.15) is 0 Å². The maximum Gasteiger partial charge on any atom is 0.0553 e. The summed E-state index contributed by atoms with van der Waals surface area (Å²) in [5.41, 5.74) is 2.97. The van der Waals surface area contributed by atoms with Crippen LogP contribution in [0.4, 0.5) is 0 Å². The molecule has 18 heavy (non-hydrogen) atoms. The first-order valence-corrected chi connectivity index (χ1v) is 7.61. The number of fused-ring (bicyclic) bond motifs is 1. The second kappa shape index (κ2) is 6.88. The molecule has 1 aromatic heterocycles. The van der Waals surface area contributed by atoms with Gasteiger partial charge in [0.2, 0.25) is 0 Å². The van der Waals surface area contributed by atoms with Gasteiger partial charge in [0, 0.05) is 9.58 Å². The van der Waals surface area contributed by atoms with Crippen LogP contribution < -0.4 is 11.3 Å². The van der Waals surface area contributed by atoms with Gasteiger partial charge in [-0.1, -0.05) is 50.8 Å². The molecule has 2 rings (SSSR count). The van der Waals surface area contributed by atoms with Crippen LogP contribution in [0.3, 0.4) is 0 Å². The molecule has 98 valence electrons. The Hall–Kier alpha value is -0.900. The molecule has 2 nitrogen and oxygen atoms in total. The lowest BCUT2D eigenvalue weighted by molar-refractivity contribution is 0.488. The molecule has 0 amide bonds. The summed E-state index contributed by atoms with van der Waals surface area (Å²) in [4.78, 5) is 1.36. The number of hydrazine groups is 1. The van der Waals surface area contributed by atoms with Crippen molar-refractivity contribution in [2.24, 2.45) is 5.84 Å². The first-order chi connectivity index (χ1) is 8.85. The molecule has 0 radical (unpaired) electrons. The van der Waals surface area contributed by atoms with E-state index in [2.05, 4.69) is 42.7 Å². The smallest absolute Gasteiger partial charge is 0.0553 e. The minimum absolute atomic E-state index is 0.305. The van der Waals surface area contributed by atoms with E-state index >= 15 is 0 Å². The summed E-state index contributed by atoms with van der Waals surface area (Å²) in [6.07, 6.45) is 6.28. The van der Waals surface area contributed by atoms with Crippen LogP contribution in [-0.4, -0.2) is 0 Å². The van der Waals surface area contributed by atoms with Crippen LogP contribution in [-0.2, 0) is 0 Å². The van der Waals surface area contributed by atoms with Crippen LogP contribution in [0.5, 0.6) is 0 Å². The minimum atomic E-state index is 0.305. The van der Waals surface area contributed by atoms with Gasteiger partial charge in [-0.3, -0.25) is 11.3 Å². The second-order valence-corrected chi connectivity index (χ2v) is 5.87. The molecule has 3 N–H and O–H groups in total. The Labute approximate surface area is 113 Å². The highest BCUT2D eigenvalue weighted by atomic mass is 32.1. The van der Waals surface area contributed by atoms with Crippen LogP contribution >= 0.6 is 11.3 Å². The number of benzene rings is 1. The quantitative estimate of drug-likeness (QED) is 0.441. The Morgan fingerprint density at radius 3 is 2.78 bits per heavy atom. The van der Waals surface area contributed by atoms with E-state index in [1.165, 1.54) is 40.6 Å². The van der Waals surface area contributed by atoms with Gasteiger partial charge in [-0.25, -0.2) is 0 Å².